The van der Waals surface area contributed by atoms with Crippen LogP contribution in [0, 0.1) is 5.41 Å². The van der Waals surface area contributed by atoms with Gasteiger partial charge in [-0.1, -0.05) is 53.2 Å². The quantitative estimate of drug-likeness (QED) is 0.235. The van der Waals surface area contributed by atoms with Crippen molar-refractivity contribution in [3.8, 4) is 0 Å². The first-order chi connectivity index (χ1) is 21.4. The summed E-state index contributed by atoms with van der Waals surface area (Å²) in [5.41, 5.74) is 3.50. The zero-order valence-electron chi connectivity index (χ0n) is 28.4. The van der Waals surface area contributed by atoms with Gasteiger partial charge in [0, 0.05) is 55.2 Å². The predicted molar refractivity (Wildman–Crippen MR) is 171 cm³/mol. The van der Waals surface area contributed by atoms with Gasteiger partial charge in [0.05, 0.1) is 23.0 Å². The second-order valence-corrected chi connectivity index (χ2v) is 20.5. The lowest BCUT2D eigenvalue weighted by Gasteiger charge is -2.54. The smallest absolute Gasteiger partial charge is 0.416 e. The molecule has 6 rings (SSSR count). The number of nitrogens with zero attached hydrogens (tertiary/aromatic N) is 1. The zero-order valence-corrected chi connectivity index (χ0v) is 29.4. The first kappa shape index (κ1) is 33.6. The largest absolute Gasteiger partial charge is 0.455 e. The molecule has 2 aromatic rings. The van der Waals surface area contributed by atoms with Crippen molar-refractivity contribution in [2.45, 2.75) is 134 Å². The maximum absolute atomic E-state index is 13.6. The van der Waals surface area contributed by atoms with Crippen LogP contribution in [0.15, 0.2) is 24.3 Å². The number of halogens is 3. The molecule has 6 nitrogen and oxygen atoms in total. The molecule has 3 atom stereocenters. The van der Waals surface area contributed by atoms with E-state index in [1.807, 2.05) is 0 Å². The molecule has 3 unspecified atom stereocenters. The highest BCUT2D eigenvalue weighted by molar-refractivity contribution is 6.74. The van der Waals surface area contributed by atoms with Crippen LogP contribution < -0.4 is 0 Å². The molecule has 2 aliphatic carbocycles. The van der Waals surface area contributed by atoms with E-state index in [-0.39, 0.29) is 28.4 Å². The maximum Gasteiger partial charge on any atom is 0.416 e. The van der Waals surface area contributed by atoms with Crippen molar-refractivity contribution in [1.82, 2.24) is 4.98 Å². The molecule has 46 heavy (non-hydrogen) atoms. The minimum Gasteiger partial charge on any atom is -0.455 e. The predicted octanol–water partition coefficient (Wildman–Crippen LogP) is 9.59. The third-order valence-corrected chi connectivity index (χ3v) is 15.9. The van der Waals surface area contributed by atoms with E-state index in [9.17, 15) is 18.0 Å². The Morgan fingerprint density at radius 2 is 1.65 bits per heavy atom. The van der Waals surface area contributed by atoms with Crippen LogP contribution in [0.5, 0.6) is 0 Å². The van der Waals surface area contributed by atoms with E-state index in [1.165, 1.54) is 19.1 Å². The highest BCUT2D eigenvalue weighted by Crippen LogP contribution is 2.65. The monoisotopic (exact) mass is 659 g/mol. The lowest BCUT2D eigenvalue weighted by Crippen LogP contribution is -2.49. The number of hydrogen-bond donors (Lipinski definition) is 0. The van der Waals surface area contributed by atoms with Crippen LogP contribution in [0.3, 0.4) is 0 Å². The van der Waals surface area contributed by atoms with Crippen molar-refractivity contribution in [3.63, 3.8) is 0 Å². The fourth-order valence-electron chi connectivity index (χ4n) is 7.81. The Balaban J connectivity index is 1.64. The molecule has 0 amide bonds. The summed E-state index contributed by atoms with van der Waals surface area (Å²) in [4.78, 5) is 18.1. The minimum atomic E-state index is -4.43. The van der Waals surface area contributed by atoms with Crippen molar-refractivity contribution < 1.29 is 36.6 Å². The average molecular weight is 660 g/mol. The number of alkyl halides is 3. The van der Waals surface area contributed by atoms with Crippen LogP contribution in [0.4, 0.5) is 13.2 Å². The van der Waals surface area contributed by atoms with Gasteiger partial charge in [0.2, 0.25) is 0 Å². The SMILES string of the molecule is CC(=O)OC1c2nc(C(C)C)c3c(c2C(O[Si](C)(C)C(C)(C)C)CC12CCC2)C1(CCOCC1)OC3c1ccc(C(F)(F)F)cc1. The Labute approximate surface area is 271 Å². The Morgan fingerprint density at radius 1 is 1.02 bits per heavy atom. The number of pyridine rings is 1. The van der Waals surface area contributed by atoms with E-state index >= 15 is 0 Å². The summed E-state index contributed by atoms with van der Waals surface area (Å²) >= 11 is 0. The van der Waals surface area contributed by atoms with Crippen LogP contribution in [0.2, 0.25) is 18.1 Å². The van der Waals surface area contributed by atoms with Gasteiger partial charge in [-0.2, -0.15) is 13.2 Å². The number of hydrogen-bond acceptors (Lipinski definition) is 6. The second-order valence-electron chi connectivity index (χ2n) is 15.7. The summed E-state index contributed by atoms with van der Waals surface area (Å²) in [6.45, 7) is 17.9. The summed E-state index contributed by atoms with van der Waals surface area (Å²) in [5.74, 6) is -0.356. The molecule has 3 heterocycles. The van der Waals surface area contributed by atoms with Gasteiger partial charge in [0.25, 0.3) is 0 Å². The Morgan fingerprint density at radius 3 is 2.15 bits per heavy atom. The Kier molecular flexibility index (Phi) is 8.34. The first-order valence-corrected chi connectivity index (χ1v) is 19.7. The van der Waals surface area contributed by atoms with E-state index < -0.39 is 37.9 Å². The van der Waals surface area contributed by atoms with Gasteiger partial charge in [-0.25, -0.2) is 0 Å². The van der Waals surface area contributed by atoms with Crippen LogP contribution >= 0.6 is 0 Å². The fourth-order valence-corrected chi connectivity index (χ4v) is 9.08. The van der Waals surface area contributed by atoms with Gasteiger partial charge in [-0.3, -0.25) is 9.78 Å². The van der Waals surface area contributed by atoms with Crippen molar-refractivity contribution in [2.75, 3.05) is 13.2 Å². The van der Waals surface area contributed by atoms with Gasteiger partial charge in [-0.15, -0.1) is 0 Å². The molecule has 252 valence electrons. The summed E-state index contributed by atoms with van der Waals surface area (Å²) < 4.78 is 67.3. The summed E-state index contributed by atoms with van der Waals surface area (Å²) in [7, 11) is -2.31. The molecule has 1 aromatic heterocycles. The molecule has 1 aromatic carbocycles. The first-order valence-electron chi connectivity index (χ1n) is 16.7. The van der Waals surface area contributed by atoms with E-state index in [0.717, 1.165) is 65.9 Å². The molecule has 4 aliphatic rings. The molecule has 0 radical (unpaired) electrons. The molecule has 0 bridgehead atoms. The normalized spacial score (nSPS) is 25.3. The number of fused-ring (bicyclic) bond motifs is 4. The van der Waals surface area contributed by atoms with Gasteiger partial charge in [0.1, 0.15) is 12.2 Å². The number of carbonyl (C=O) groups is 1. The van der Waals surface area contributed by atoms with Gasteiger partial charge in [0.15, 0.2) is 8.32 Å². The lowest BCUT2D eigenvalue weighted by molar-refractivity contribution is -0.167. The van der Waals surface area contributed by atoms with Crippen molar-refractivity contribution in [2.24, 2.45) is 5.41 Å². The third-order valence-electron chi connectivity index (χ3n) is 11.4. The maximum atomic E-state index is 13.6. The van der Waals surface area contributed by atoms with Gasteiger partial charge < -0.3 is 18.6 Å². The molecule has 1 saturated carbocycles. The molecule has 10 heteroatoms. The fraction of sp³-hybridized carbons (Fsp3) is 0.667. The standard InChI is InChI=1S/C36H48F3NO5Si/c1-21(2)29-27-28(35(16-18-42-19-17-35)44-31(27)23-10-12-24(13-11-23)36(37,38)39)26-25(45-46(7,8)33(4,5)6)20-34(14-9-15-34)32(30(26)40-29)43-22(3)41/h10-13,21,25,31-32H,9,14-20H2,1-8H3. The minimum absolute atomic E-state index is 0.0217. The molecule has 2 aliphatic heterocycles. The van der Waals surface area contributed by atoms with E-state index in [2.05, 4.69) is 47.7 Å². The molecule has 0 N–H and O–H groups in total. The highest BCUT2D eigenvalue weighted by atomic mass is 28.4. The van der Waals surface area contributed by atoms with Crippen LogP contribution in [0.25, 0.3) is 0 Å². The summed E-state index contributed by atoms with van der Waals surface area (Å²) in [6.07, 6.45) is -0.982. The Bertz CT molecular complexity index is 1490. The second kappa shape index (κ2) is 11.4. The molecular formula is C36H48F3NO5Si. The van der Waals surface area contributed by atoms with Crippen molar-refractivity contribution >= 4 is 14.3 Å². The lowest BCUT2D eigenvalue weighted by atomic mass is 9.57. The van der Waals surface area contributed by atoms with E-state index in [0.29, 0.717) is 31.6 Å². The van der Waals surface area contributed by atoms with Crippen LogP contribution in [-0.4, -0.2) is 32.5 Å². The van der Waals surface area contributed by atoms with Gasteiger partial charge >= 0.3 is 12.1 Å². The number of aromatic nitrogens is 1. The Hall–Kier alpha value is -2.27. The molecular weight excluding hydrogens is 611 g/mol. The number of carbonyl (C=O) groups excluding carboxylic acids is 1. The average Bonchev–Trinajstić information content (AvgIpc) is 3.25. The molecule has 2 fully saturated rings. The zero-order chi connectivity index (χ0) is 33.4. The highest BCUT2D eigenvalue weighted by Gasteiger charge is 2.59. The molecule has 1 saturated heterocycles. The number of esters is 1. The van der Waals surface area contributed by atoms with E-state index in [1.54, 1.807) is 0 Å². The summed E-state index contributed by atoms with van der Waals surface area (Å²) in [6, 6.07) is 5.34. The van der Waals surface area contributed by atoms with E-state index in [4.69, 9.17) is 23.6 Å². The number of ether oxygens (including phenoxy) is 3. The summed E-state index contributed by atoms with van der Waals surface area (Å²) in [5, 5.41) is -0.0449. The van der Waals surface area contributed by atoms with Crippen molar-refractivity contribution in [1.29, 1.82) is 0 Å². The van der Waals surface area contributed by atoms with Crippen LogP contribution in [0.1, 0.15) is 144 Å². The molecule has 2 spiro atoms. The topological polar surface area (TPSA) is 66.9 Å². The third kappa shape index (κ3) is 5.54. The van der Waals surface area contributed by atoms with Crippen LogP contribution in [-0.2, 0) is 35.2 Å². The number of rotatable bonds is 5. The van der Waals surface area contributed by atoms with Crippen molar-refractivity contribution in [3.05, 3.63) is 63.5 Å². The number of benzene rings is 1. The van der Waals surface area contributed by atoms with Gasteiger partial charge in [-0.05, 0) is 66.6 Å².